The highest BCUT2D eigenvalue weighted by molar-refractivity contribution is 7.90. The van der Waals surface area contributed by atoms with Gasteiger partial charge in [0.2, 0.25) is 5.91 Å². The molecule has 33 heavy (non-hydrogen) atoms. The van der Waals surface area contributed by atoms with Gasteiger partial charge in [-0.2, -0.15) is 0 Å². The van der Waals surface area contributed by atoms with Gasteiger partial charge in [0.1, 0.15) is 10.7 Å². The number of carbonyl (C=O) groups is 3. The fourth-order valence-corrected chi connectivity index (χ4v) is 5.23. The Hall–Kier alpha value is -2.98. The van der Waals surface area contributed by atoms with Crippen LogP contribution in [-0.4, -0.2) is 35.0 Å². The van der Waals surface area contributed by atoms with Gasteiger partial charge < -0.3 is 16.4 Å². The number of hydrogen-bond acceptors (Lipinski definition) is 8. The molecule has 0 fully saturated rings. The number of thiazole rings is 1. The Morgan fingerprint density at radius 2 is 2.06 bits per heavy atom. The third-order valence-electron chi connectivity index (χ3n) is 5.58. The van der Waals surface area contributed by atoms with Crippen molar-refractivity contribution in [1.82, 2.24) is 15.6 Å². The lowest BCUT2D eigenvalue weighted by atomic mass is 10.1. The van der Waals surface area contributed by atoms with Crippen LogP contribution in [0.25, 0.3) is 10.6 Å². The van der Waals surface area contributed by atoms with Crippen LogP contribution in [0.5, 0.6) is 0 Å². The molecule has 10 heteroatoms. The van der Waals surface area contributed by atoms with Crippen molar-refractivity contribution in [2.45, 2.75) is 46.0 Å². The quantitative estimate of drug-likeness (QED) is 0.492. The number of carbonyl (C=O) groups excluding carboxylic acids is 3. The molecule has 4 N–H and O–H groups in total. The molecule has 172 valence electrons. The van der Waals surface area contributed by atoms with E-state index in [9.17, 15) is 14.4 Å². The van der Waals surface area contributed by atoms with Crippen LogP contribution in [0.1, 0.15) is 63.3 Å². The molecule has 0 atom stereocenters. The highest BCUT2D eigenvalue weighted by Gasteiger charge is 2.25. The number of nitrogens with one attached hydrogen (secondary N) is 2. The Morgan fingerprint density at radius 3 is 2.79 bits per heavy atom. The first-order valence-electron chi connectivity index (χ1n) is 10.8. The summed E-state index contributed by atoms with van der Waals surface area (Å²) in [6, 6.07) is 3.31. The Bertz CT molecular complexity index is 1330. The number of Topliss-reactive ketones (excluding diaryl/α,β-unsaturated/α-hetero) is 1. The molecule has 0 radical (unpaired) electrons. The van der Waals surface area contributed by atoms with Gasteiger partial charge in [0.25, 0.3) is 5.91 Å². The van der Waals surface area contributed by atoms with Crippen LogP contribution in [0, 0.1) is 6.92 Å². The molecule has 3 heterocycles. The molecule has 0 bridgehead atoms. The normalized spacial score (nSPS) is 17.6. The minimum absolute atomic E-state index is 0.154. The zero-order chi connectivity index (χ0) is 23.7. The number of nitrogens with two attached hydrogens (primary N) is 1. The molecule has 0 saturated carbocycles. The van der Waals surface area contributed by atoms with Gasteiger partial charge in [-0.15, -0.1) is 24.0 Å². The van der Waals surface area contributed by atoms with Gasteiger partial charge in [0.15, 0.2) is 5.84 Å². The summed E-state index contributed by atoms with van der Waals surface area (Å²) in [6.45, 7) is 4.22. The van der Waals surface area contributed by atoms with Crippen LogP contribution in [0.2, 0.25) is 0 Å². The lowest BCUT2D eigenvalue weighted by molar-refractivity contribution is -0.119. The van der Waals surface area contributed by atoms with Crippen molar-refractivity contribution >= 4 is 63.7 Å². The highest BCUT2D eigenvalue weighted by Crippen LogP contribution is 2.21. The summed E-state index contributed by atoms with van der Waals surface area (Å²) >= 11 is 6.02. The van der Waals surface area contributed by atoms with E-state index in [0.717, 1.165) is 26.0 Å². The molecule has 2 aliphatic heterocycles. The van der Waals surface area contributed by atoms with Crippen LogP contribution in [0.3, 0.4) is 0 Å². The lowest BCUT2D eigenvalue weighted by Crippen LogP contribution is -2.40. The molecular formula is C23H25N5O3S2. The van der Waals surface area contributed by atoms with Gasteiger partial charge in [-0.1, -0.05) is 6.92 Å². The Balaban J connectivity index is 1.85. The van der Waals surface area contributed by atoms with Gasteiger partial charge >= 0.3 is 0 Å². The maximum Gasteiger partial charge on any atom is 0.268 e. The van der Waals surface area contributed by atoms with Crippen molar-refractivity contribution in [3.05, 3.63) is 43.7 Å². The van der Waals surface area contributed by atoms with Crippen LogP contribution in [0.4, 0.5) is 5.69 Å². The largest absolute Gasteiger partial charge is 0.381 e. The molecule has 0 unspecified atom stereocenters. The molecule has 1 aromatic heterocycles. The van der Waals surface area contributed by atoms with E-state index in [4.69, 9.17) is 5.73 Å². The number of rotatable bonds is 3. The third-order valence-corrected chi connectivity index (χ3v) is 7.06. The maximum atomic E-state index is 13.1. The number of aromatic nitrogens is 1. The Morgan fingerprint density at radius 1 is 1.27 bits per heavy atom. The summed E-state index contributed by atoms with van der Waals surface area (Å²) in [5.41, 5.74) is 7.73. The predicted octanol–water partition coefficient (Wildman–Crippen LogP) is 1.47. The summed E-state index contributed by atoms with van der Waals surface area (Å²) in [5, 5.41) is 8.48. The molecule has 1 aromatic carbocycles. The SMILES string of the molecule is CCc1nc(C)sc1C(=O)NC1=Nc2cc(C(N)=O)c/c3c2=C1NCCC(=O)CCC/C=3S. The van der Waals surface area contributed by atoms with Gasteiger partial charge in [-0.05, 0) is 48.4 Å². The molecule has 8 nitrogen and oxygen atoms in total. The molecule has 0 saturated heterocycles. The van der Waals surface area contributed by atoms with Crippen molar-refractivity contribution in [3.8, 4) is 0 Å². The topological polar surface area (TPSA) is 127 Å². The number of amidine groups is 1. The minimum Gasteiger partial charge on any atom is -0.381 e. The molecule has 2 amide bonds. The van der Waals surface area contributed by atoms with E-state index in [1.165, 1.54) is 11.3 Å². The summed E-state index contributed by atoms with van der Waals surface area (Å²) in [6.07, 6.45) is 2.71. The van der Waals surface area contributed by atoms with Crippen LogP contribution in [-0.2, 0) is 11.2 Å². The first-order chi connectivity index (χ1) is 15.8. The van der Waals surface area contributed by atoms with E-state index >= 15 is 0 Å². The summed E-state index contributed by atoms with van der Waals surface area (Å²) in [7, 11) is 0. The molecule has 2 aromatic rings. The van der Waals surface area contributed by atoms with Crippen molar-refractivity contribution in [2.75, 3.05) is 6.54 Å². The second kappa shape index (κ2) is 9.48. The second-order valence-electron chi connectivity index (χ2n) is 7.95. The van der Waals surface area contributed by atoms with Crippen molar-refractivity contribution in [1.29, 1.82) is 0 Å². The van der Waals surface area contributed by atoms with E-state index < -0.39 is 5.91 Å². The monoisotopic (exact) mass is 483 g/mol. The standard InChI is InChI=1S/C23H25N5O3S2/c1-3-15-20(33-11(2)26-15)23(31)28-22-19-18-14(9-12(21(24)30)10-16(18)27-22)17(32)6-4-5-13(29)7-8-25-19/h9-10,25,32H,3-8H2,1-2H3,(H2,24,30)(H,27,28,31)/b17-14-. The fraction of sp³-hybridized carbons (Fsp3) is 0.348. The summed E-state index contributed by atoms with van der Waals surface area (Å²) in [4.78, 5) is 47.6. The number of ketones is 1. The number of thiol groups is 1. The molecular weight excluding hydrogens is 458 g/mol. The number of hydrogen-bond donors (Lipinski definition) is 4. The Labute approximate surface area is 200 Å². The second-order valence-corrected chi connectivity index (χ2v) is 9.69. The molecule has 0 aliphatic carbocycles. The van der Waals surface area contributed by atoms with Gasteiger partial charge in [-0.3, -0.25) is 14.4 Å². The van der Waals surface area contributed by atoms with Crippen molar-refractivity contribution < 1.29 is 14.4 Å². The van der Waals surface area contributed by atoms with Gasteiger partial charge in [0.05, 0.1) is 22.1 Å². The number of amides is 2. The highest BCUT2D eigenvalue weighted by atomic mass is 32.1. The van der Waals surface area contributed by atoms with E-state index in [2.05, 4.69) is 33.2 Å². The molecule has 2 aliphatic rings. The molecule has 0 spiro atoms. The number of aryl methyl sites for hydroxylation is 2. The average molecular weight is 484 g/mol. The maximum absolute atomic E-state index is 13.1. The van der Waals surface area contributed by atoms with Crippen LogP contribution in [0.15, 0.2) is 17.1 Å². The number of primary amides is 1. The minimum atomic E-state index is -0.574. The van der Waals surface area contributed by atoms with Crippen LogP contribution >= 0.6 is 24.0 Å². The molecule has 4 rings (SSSR count). The van der Waals surface area contributed by atoms with E-state index in [-0.39, 0.29) is 11.7 Å². The van der Waals surface area contributed by atoms with Crippen molar-refractivity contribution in [3.63, 3.8) is 0 Å². The lowest BCUT2D eigenvalue weighted by Gasteiger charge is -2.11. The number of aliphatic imine (C=N–C) groups is 1. The summed E-state index contributed by atoms with van der Waals surface area (Å²) in [5.74, 6) is -0.384. The smallest absolute Gasteiger partial charge is 0.268 e. The van der Waals surface area contributed by atoms with Crippen molar-refractivity contribution in [2.24, 2.45) is 10.7 Å². The zero-order valence-electron chi connectivity index (χ0n) is 18.4. The van der Waals surface area contributed by atoms with Gasteiger partial charge in [-0.25, -0.2) is 9.98 Å². The van der Waals surface area contributed by atoms with Crippen LogP contribution < -0.4 is 26.8 Å². The zero-order valence-corrected chi connectivity index (χ0v) is 20.2. The summed E-state index contributed by atoms with van der Waals surface area (Å²) < 4.78 is 0. The van der Waals surface area contributed by atoms with E-state index in [1.807, 2.05) is 13.8 Å². The number of benzene rings is 1. The third kappa shape index (κ3) is 4.72. The first kappa shape index (κ1) is 23.2. The van der Waals surface area contributed by atoms with Gasteiger partial charge in [0, 0.05) is 30.2 Å². The predicted molar refractivity (Wildman–Crippen MR) is 132 cm³/mol. The average Bonchev–Trinajstić information content (AvgIpc) is 3.31. The number of nitrogens with zero attached hydrogens (tertiary/aromatic N) is 2. The Kier molecular flexibility index (Phi) is 6.66. The van der Waals surface area contributed by atoms with E-state index in [1.54, 1.807) is 12.1 Å². The van der Waals surface area contributed by atoms with E-state index in [0.29, 0.717) is 66.3 Å². The first-order valence-corrected chi connectivity index (χ1v) is 12.1. The fourth-order valence-electron chi connectivity index (χ4n) is 4.00.